The summed E-state index contributed by atoms with van der Waals surface area (Å²) < 4.78 is 70.4. The zero-order valence-electron chi connectivity index (χ0n) is 23.4. The van der Waals surface area contributed by atoms with E-state index in [1.165, 1.54) is 16.6 Å². The van der Waals surface area contributed by atoms with E-state index in [-0.39, 0.29) is 36.1 Å². The summed E-state index contributed by atoms with van der Waals surface area (Å²) in [6.45, 7) is 4.53. The fraction of sp³-hybridized carbons (Fsp3) is 0.379. The van der Waals surface area contributed by atoms with Crippen LogP contribution in [0.25, 0.3) is 5.65 Å². The van der Waals surface area contributed by atoms with Gasteiger partial charge in [-0.25, -0.2) is 13.4 Å². The van der Waals surface area contributed by atoms with Gasteiger partial charge in [0.1, 0.15) is 10.7 Å². The number of carboxylic acids is 1. The number of carboxylic acid groups (broad SMARTS) is 1. The molecule has 0 radical (unpaired) electrons. The molecule has 226 valence electrons. The van der Waals surface area contributed by atoms with Gasteiger partial charge in [-0.05, 0) is 72.7 Å². The monoisotopic (exact) mass is 614 g/mol. The minimum atomic E-state index is -4.71. The Bertz CT molecular complexity index is 1840. The first kappa shape index (κ1) is 29.1. The topological polar surface area (TPSA) is 121 Å². The van der Waals surface area contributed by atoms with Gasteiger partial charge in [0.25, 0.3) is 0 Å². The van der Waals surface area contributed by atoms with Gasteiger partial charge in [-0.1, -0.05) is 18.2 Å². The van der Waals surface area contributed by atoms with Crippen LogP contribution >= 0.6 is 0 Å². The summed E-state index contributed by atoms with van der Waals surface area (Å²) in [5.74, 6) is -2.53. The van der Waals surface area contributed by atoms with Gasteiger partial charge in [-0.3, -0.25) is 9.20 Å². The number of sulfonamides is 1. The number of halogens is 3. The Hall–Kier alpha value is -4.04. The first-order valence-corrected chi connectivity index (χ1v) is 15.2. The van der Waals surface area contributed by atoms with Crippen LogP contribution < -0.4 is 4.90 Å². The van der Waals surface area contributed by atoms with Gasteiger partial charge in [0, 0.05) is 44.0 Å². The van der Waals surface area contributed by atoms with Crippen molar-refractivity contribution in [3.63, 3.8) is 0 Å². The van der Waals surface area contributed by atoms with Crippen molar-refractivity contribution >= 4 is 27.5 Å². The van der Waals surface area contributed by atoms with Crippen molar-refractivity contribution in [2.45, 2.75) is 62.7 Å². The van der Waals surface area contributed by atoms with Gasteiger partial charge in [-0.2, -0.15) is 17.5 Å². The number of anilines is 1. The van der Waals surface area contributed by atoms with Gasteiger partial charge in [-0.15, -0.1) is 10.2 Å². The zero-order chi connectivity index (χ0) is 30.7. The summed E-state index contributed by atoms with van der Waals surface area (Å²) >= 11 is 0. The number of aryl methyl sites for hydroxylation is 2. The van der Waals surface area contributed by atoms with Crippen molar-refractivity contribution in [1.82, 2.24) is 23.9 Å². The number of aliphatic carboxylic acids is 1. The molecule has 0 amide bonds. The fourth-order valence-electron chi connectivity index (χ4n) is 6.24. The molecule has 1 N–H and O–H groups in total. The minimum absolute atomic E-state index is 0.0170. The van der Waals surface area contributed by atoms with E-state index in [1.54, 1.807) is 37.4 Å². The maximum atomic E-state index is 13.9. The van der Waals surface area contributed by atoms with Crippen LogP contribution in [0.5, 0.6) is 0 Å². The molecule has 2 aliphatic rings. The SMILES string of the molecule is Cc1ccc([C@H](CC(=O)O)c2ccn3c(C(F)(F)F)nnc3c2C)cc1CN1C[C@H]2CCCN2c2ncccc2S1(=O)=O. The Kier molecular flexibility index (Phi) is 7.16. The molecule has 14 heteroatoms. The van der Waals surface area contributed by atoms with Crippen LogP contribution in [-0.4, -0.2) is 62.5 Å². The van der Waals surface area contributed by atoms with Crippen molar-refractivity contribution in [1.29, 1.82) is 0 Å². The molecule has 43 heavy (non-hydrogen) atoms. The van der Waals surface area contributed by atoms with Crippen LogP contribution in [0.1, 0.15) is 58.8 Å². The third-order valence-corrected chi connectivity index (χ3v) is 10.3. The van der Waals surface area contributed by atoms with Crippen molar-refractivity contribution in [2.24, 2.45) is 0 Å². The van der Waals surface area contributed by atoms with Gasteiger partial charge in [0.05, 0.1) is 6.42 Å². The van der Waals surface area contributed by atoms with Crippen LogP contribution in [-0.2, 0) is 27.5 Å². The number of hydrogen-bond acceptors (Lipinski definition) is 7. The highest BCUT2D eigenvalue weighted by atomic mass is 32.2. The summed E-state index contributed by atoms with van der Waals surface area (Å²) in [5.41, 5.74) is 2.98. The smallest absolute Gasteiger partial charge is 0.452 e. The molecule has 2 aliphatic heterocycles. The molecule has 0 saturated carbocycles. The predicted octanol–water partition coefficient (Wildman–Crippen LogP) is 4.54. The molecule has 1 saturated heterocycles. The highest BCUT2D eigenvalue weighted by molar-refractivity contribution is 7.89. The summed E-state index contributed by atoms with van der Waals surface area (Å²) in [4.78, 5) is 18.6. The van der Waals surface area contributed by atoms with Gasteiger partial charge in [0.15, 0.2) is 5.65 Å². The Morgan fingerprint density at radius 2 is 1.95 bits per heavy atom. The Labute approximate surface area is 245 Å². The Morgan fingerprint density at radius 1 is 1.16 bits per heavy atom. The number of carbonyl (C=O) groups is 1. The van der Waals surface area contributed by atoms with Crippen LogP contribution in [0.15, 0.2) is 53.7 Å². The fourth-order valence-corrected chi connectivity index (χ4v) is 7.85. The predicted molar refractivity (Wildman–Crippen MR) is 150 cm³/mol. The molecule has 3 aromatic heterocycles. The summed E-state index contributed by atoms with van der Waals surface area (Å²) in [5, 5.41) is 16.9. The zero-order valence-corrected chi connectivity index (χ0v) is 24.2. The van der Waals surface area contributed by atoms with Gasteiger partial charge >= 0.3 is 12.1 Å². The van der Waals surface area contributed by atoms with Crippen LogP contribution in [0, 0.1) is 13.8 Å². The van der Waals surface area contributed by atoms with Crippen LogP contribution in [0.4, 0.5) is 19.0 Å². The average molecular weight is 615 g/mol. The lowest BCUT2D eigenvalue weighted by molar-refractivity contribution is -0.145. The third-order valence-electron chi connectivity index (χ3n) is 8.43. The van der Waals surface area contributed by atoms with Crippen molar-refractivity contribution in [3.05, 3.63) is 82.4 Å². The number of benzene rings is 1. The molecule has 6 rings (SSSR count). The lowest BCUT2D eigenvalue weighted by Gasteiger charge is -2.26. The molecule has 0 bridgehead atoms. The van der Waals surface area contributed by atoms with E-state index in [4.69, 9.17) is 0 Å². The molecular weight excluding hydrogens is 585 g/mol. The molecule has 1 fully saturated rings. The summed E-state index contributed by atoms with van der Waals surface area (Å²) in [6.07, 6.45) is -0.481. The number of fused-ring (bicyclic) bond motifs is 4. The molecule has 5 heterocycles. The van der Waals surface area contributed by atoms with Crippen molar-refractivity contribution in [3.8, 4) is 0 Å². The van der Waals surface area contributed by atoms with E-state index in [1.807, 2.05) is 13.0 Å². The van der Waals surface area contributed by atoms with Crippen LogP contribution in [0.3, 0.4) is 0 Å². The molecule has 0 spiro atoms. The van der Waals surface area contributed by atoms with Gasteiger partial charge in [0.2, 0.25) is 15.8 Å². The number of rotatable bonds is 6. The largest absolute Gasteiger partial charge is 0.481 e. The first-order valence-electron chi connectivity index (χ1n) is 13.8. The summed E-state index contributed by atoms with van der Waals surface area (Å²) in [7, 11) is -3.90. The highest BCUT2D eigenvalue weighted by Crippen LogP contribution is 2.38. The van der Waals surface area contributed by atoms with E-state index in [0.717, 1.165) is 29.4 Å². The molecule has 4 aromatic rings. The maximum Gasteiger partial charge on any atom is 0.452 e. The Morgan fingerprint density at radius 3 is 2.70 bits per heavy atom. The molecule has 1 aromatic carbocycles. The third kappa shape index (κ3) is 5.12. The second-order valence-corrected chi connectivity index (χ2v) is 13.0. The lowest BCUT2D eigenvalue weighted by Crippen LogP contribution is -2.39. The number of alkyl halides is 3. The molecule has 2 atom stereocenters. The average Bonchev–Trinajstić information content (AvgIpc) is 3.59. The molecular formula is C29H29F3N6O4S. The second-order valence-electron chi connectivity index (χ2n) is 11.1. The van der Waals surface area contributed by atoms with E-state index in [9.17, 15) is 31.5 Å². The van der Waals surface area contributed by atoms with E-state index >= 15 is 0 Å². The number of nitrogens with zero attached hydrogens (tertiary/aromatic N) is 6. The van der Waals surface area contributed by atoms with E-state index < -0.39 is 33.9 Å². The number of hydrogen-bond donors (Lipinski definition) is 1. The van der Waals surface area contributed by atoms with Crippen molar-refractivity contribution < 1.29 is 31.5 Å². The molecule has 10 nitrogen and oxygen atoms in total. The molecule has 0 aliphatic carbocycles. The Balaban J connectivity index is 1.40. The highest BCUT2D eigenvalue weighted by Gasteiger charge is 2.40. The van der Waals surface area contributed by atoms with Crippen LogP contribution in [0.2, 0.25) is 0 Å². The number of aromatic nitrogens is 4. The van der Waals surface area contributed by atoms with E-state index in [0.29, 0.717) is 28.1 Å². The van der Waals surface area contributed by atoms with E-state index in [2.05, 4.69) is 20.1 Å². The normalized spacial score (nSPS) is 19.2. The van der Waals surface area contributed by atoms with Gasteiger partial charge < -0.3 is 10.0 Å². The summed E-state index contributed by atoms with van der Waals surface area (Å²) in [6, 6.07) is 10.0. The first-order chi connectivity index (χ1) is 20.4. The lowest BCUT2D eigenvalue weighted by atomic mass is 9.85. The van der Waals surface area contributed by atoms with Crippen molar-refractivity contribution in [2.75, 3.05) is 18.0 Å². The standard InChI is InChI=1S/C29H29F3N6O4S/c1-17-7-8-19(23(14-25(39)40)22-9-12-38-26(18(22)2)34-35-28(38)29(30,31)32)13-20(17)15-36-16-21-5-4-11-37(21)27-24(43(36,41)42)6-3-10-33-27/h3,6-10,12-13,21,23H,4-5,11,14-16H2,1-2H3,(H,39,40)/t21-,23+/m1/s1. The number of pyridine rings is 2. The second kappa shape index (κ2) is 10.6. The molecule has 0 unspecified atom stereocenters. The maximum absolute atomic E-state index is 13.9. The quantitative estimate of drug-likeness (QED) is 0.336. The minimum Gasteiger partial charge on any atom is -0.481 e.